The zero-order valence-corrected chi connectivity index (χ0v) is 15.4. The molecule has 7 heteroatoms. The van der Waals surface area contributed by atoms with Crippen molar-refractivity contribution in [1.82, 2.24) is 14.9 Å². The summed E-state index contributed by atoms with van der Waals surface area (Å²) in [5.74, 6) is 1.19. The lowest BCUT2D eigenvalue weighted by molar-refractivity contribution is -0.113. The van der Waals surface area contributed by atoms with Gasteiger partial charge in [-0.25, -0.2) is 9.97 Å². The van der Waals surface area contributed by atoms with Gasteiger partial charge in [0.05, 0.1) is 5.75 Å². The van der Waals surface area contributed by atoms with E-state index in [0.717, 1.165) is 43.4 Å². The molecular formula is C18H23N5OS. The fraction of sp³-hybridized carbons (Fsp3) is 0.389. The second-order valence-electron chi connectivity index (χ2n) is 6.14. The number of aromatic nitrogens is 2. The first kappa shape index (κ1) is 17.7. The van der Waals surface area contributed by atoms with Gasteiger partial charge in [0.25, 0.3) is 0 Å². The van der Waals surface area contributed by atoms with Gasteiger partial charge in [-0.05, 0) is 26.1 Å². The molecule has 3 rings (SSSR count). The molecule has 1 aliphatic rings. The van der Waals surface area contributed by atoms with Gasteiger partial charge in [-0.1, -0.05) is 30.0 Å². The van der Waals surface area contributed by atoms with Crippen LogP contribution in [0.2, 0.25) is 0 Å². The Bertz CT molecular complexity index is 717. The van der Waals surface area contributed by atoms with Gasteiger partial charge in [0.1, 0.15) is 5.82 Å². The van der Waals surface area contributed by atoms with E-state index in [2.05, 4.69) is 32.1 Å². The number of nitrogens with one attached hydrogen (secondary N) is 1. The number of nitrogens with zero attached hydrogens (tertiary/aromatic N) is 4. The van der Waals surface area contributed by atoms with Gasteiger partial charge in [-0.3, -0.25) is 4.79 Å². The van der Waals surface area contributed by atoms with Crippen LogP contribution < -0.4 is 10.2 Å². The van der Waals surface area contributed by atoms with E-state index in [1.165, 1.54) is 11.8 Å². The van der Waals surface area contributed by atoms with Crippen molar-refractivity contribution in [3.63, 3.8) is 0 Å². The average molecular weight is 357 g/mol. The topological polar surface area (TPSA) is 61.4 Å². The van der Waals surface area contributed by atoms with Crippen molar-refractivity contribution in [3.8, 4) is 0 Å². The standard InChI is InChI=1S/C18H23N5OS/c1-14-12-16(23-10-8-22(2)9-11-23)21-18(19-14)25-13-17(24)20-15-6-4-3-5-7-15/h3-7,12H,8-11,13H2,1-2H3,(H,20,24). The number of hydrogen-bond donors (Lipinski definition) is 1. The number of piperazine rings is 1. The van der Waals surface area contributed by atoms with Crippen LogP contribution in [0.15, 0.2) is 41.6 Å². The SMILES string of the molecule is Cc1cc(N2CCN(C)CC2)nc(SCC(=O)Nc2ccccc2)n1. The smallest absolute Gasteiger partial charge is 0.234 e. The minimum Gasteiger partial charge on any atom is -0.354 e. The highest BCUT2D eigenvalue weighted by Gasteiger charge is 2.17. The third-order valence-electron chi connectivity index (χ3n) is 4.04. The van der Waals surface area contributed by atoms with Crippen LogP contribution in [0.25, 0.3) is 0 Å². The second kappa shape index (κ2) is 8.31. The minimum absolute atomic E-state index is 0.0533. The summed E-state index contributed by atoms with van der Waals surface area (Å²) in [6.07, 6.45) is 0. The van der Waals surface area contributed by atoms with Crippen molar-refractivity contribution < 1.29 is 4.79 Å². The van der Waals surface area contributed by atoms with Gasteiger partial charge in [-0.15, -0.1) is 0 Å². The Labute approximate surface area is 152 Å². The van der Waals surface area contributed by atoms with Gasteiger partial charge < -0.3 is 15.1 Å². The van der Waals surface area contributed by atoms with Crippen molar-refractivity contribution in [2.24, 2.45) is 0 Å². The Morgan fingerprint density at radius 1 is 1.16 bits per heavy atom. The lowest BCUT2D eigenvalue weighted by atomic mass is 10.3. The zero-order valence-electron chi connectivity index (χ0n) is 14.6. The van der Waals surface area contributed by atoms with Crippen LogP contribution in [0, 0.1) is 6.92 Å². The van der Waals surface area contributed by atoms with Crippen LogP contribution in [-0.4, -0.2) is 59.8 Å². The molecule has 132 valence electrons. The Morgan fingerprint density at radius 2 is 1.88 bits per heavy atom. The summed E-state index contributed by atoms with van der Waals surface area (Å²) in [5.41, 5.74) is 1.73. The highest BCUT2D eigenvalue weighted by molar-refractivity contribution is 7.99. The van der Waals surface area contributed by atoms with Gasteiger partial charge >= 0.3 is 0 Å². The van der Waals surface area contributed by atoms with Gasteiger partial charge in [0.15, 0.2) is 5.16 Å². The van der Waals surface area contributed by atoms with Crippen molar-refractivity contribution in [2.45, 2.75) is 12.1 Å². The first-order valence-electron chi connectivity index (χ1n) is 8.37. The summed E-state index contributed by atoms with van der Waals surface area (Å²) in [6.45, 7) is 5.96. The lowest BCUT2D eigenvalue weighted by Crippen LogP contribution is -2.44. The van der Waals surface area contributed by atoms with Gasteiger partial charge in [0, 0.05) is 43.6 Å². The number of aryl methyl sites for hydroxylation is 1. The molecular weight excluding hydrogens is 334 g/mol. The Hall–Kier alpha value is -2.12. The van der Waals surface area contributed by atoms with Crippen LogP contribution in [0.3, 0.4) is 0 Å². The molecule has 0 atom stereocenters. The fourth-order valence-corrected chi connectivity index (χ4v) is 3.33. The van der Waals surface area contributed by atoms with E-state index in [0.29, 0.717) is 10.9 Å². The molecule has 0 saturated carbocycles. The van der Waals surface area contributed by atoms with E-state index in [1.807, 2.05) is 43.3 Å². The molecule has 0 spiro atoms. The summed E-state index contributed by atoms with van der Waals surface area (Å²) < 4.78 is 0. The van der Waals surface area contributed by atoms with Crippen LogP contribution in [0.5, 0.6) is 0 Å². The number of likely N-dealkylation sites (N-methyl/N-ethyl adjacent to an activating group) is 1. The first-order valence-corrected chi connectivity index (χ1v) is 9.35. The summed E-state index contributed by atoms with van der Waals surface area (Å²) in [6, 6.07) is 11.5. The molecule has 25 heavy (non-hydrogen) atoms. The summed E-state index contributed by atoms with van der Waals surface area (Å²) in [5, 5.41) is 3.53. The number of rotatable bonds is 5. The lowest BCUT2D eigenvalue weighted by Gasteiger charge is -2.33. The number of anilines is 2. The third kappa shape index (κ3) is 5.17. The molecule has 0 unspecified atom stereocenters. The summed E-state index contributed by atoms with van der Waals surface area (Å²) >= 11 is 1.37. The molecule has 1 N–H and O–H groups in total. The maximum atomic E-state index is 12.1. The first-order chi connectivity index (χ1) is 12.1. The predicted molar refractivity (Wildman–Crippen MR) is 102 cm³/mol. The third-order valence-corrected chi connectivity index (χ3v) is 4.88. The number of benzene rings is 1. The number of hydrogen-bond acceptors (Lipinski definition) is 6. The van der Waals surface area contributed by atoms with E-state index < -0.39 is 0 Å². The summed E-state index contributed by atoms with van der Waals surface area (Å²) in [4.78, 5) is 25.8. The number of thioether (sulfide) groups is 1. The molecule has 0 aliphatic carbocycles. The molecule has 6 nitrogen and oxygen atoms in total. The predicted octanol–water partition coefficient (Wildman–Crippen LogP) is 2.27. The van der Waals surface area contributed by atoms with Crippen molar-refractivity contribution in [1.29, 1.82) is 0 Å². The van der Waals surface area contributed by atoms with E-state index >= 15 is 0 Å². The molecule has 1 amide bonds. The minimum atomic E-state index is -0.0533. The molecule has 2 aromatic rings. The quantitative estimate of drug-likeness (QED) is 0.654. The normalized spacial score (nSPS) is 15.2. The Balaban J connectivity index is 1.59. The highest BCUT2D eigenvalue weighted by Crippen LogP contribution is 2.20. The maximum absolute atomic E-state index is 12.1. The molecule has 0 radical (unpaired) electrons. The van der Waals surface area contributed by atoms with Crippen LogP contribution in [-0.2, 0) is 4.79 Å². The zero-order chi connectivity index (χ0) is 17.6. The number of amides is 1. The van der Waals surface area contributed by atoms with Crippen LogP contribution >= 0.6 is 11.8 Å². The van der Waals surface area contributed by atoms with E-state index in [1.54, 1.807) is 0 Å². The molecule has 1 aromatic carbocycles. The van der Waals surface area contributed by atoms with Crippen molar-refractivity contribution >= 4 is 29.2 Å². The number of carbonyl (C=O) groups is 1. The van der Waals surface area contributed by atoms with Crippen molar-refractivity contribution in [3.05, 3.63) is 42.1 Å². The summed E-state index contributed by atoms with van der Waals surface area (Å²) in [7, 11) is 2.13. The number of carbonyl (C=O) groups excluding carboxylic acids is 1. The van der Waals surface area contributed by atoms with E-state index in [-0.39, 0.29) is 5.91 Å². The monoisotopic (exact) mass is 357 g/mol. The van der Waals surface area contributed by atoms with Crippen molar-refractivity contribution in [2.75, 3.05) is 49.2 Å². The molecule has 2 heterocycles. The van der Waals surface area contributed by atoms with E-state index in [9.17, 15) is 4.79 Å². The Kier molecular flexibility index (Phi) is 5.88. The van der Waals surface area contributed by atoms with Crippen LogP contribution in [0.4, 0.5) is 11.5 Å². The number of para-hydroxylation sites is 1. The van der Waals surface area contributed by atoms with Gasteiger partial charge in [0.2, 0.25) is 5.91 Å². The highest BCUT2D eigenvalue weighted by atomic mass is 32.2. The maximum Gasteiger partial charge on any atom is 0.234 e. The fourth-order valence-electron chi connectivity index (χ4n) is 2.64. The Morgan fingerprint density at radius 3 is 2.60 bits per heavy atom. The molecule has 1 saturated heterocycles. The van der Waals surface area contributed by atoms with Crippen LogP contribution in [0.1, 0.15) is 5.69 Å². The second-order valence-corrected chi connectivity index (χ2v) is 7.09. The largest absolute Gasteiger partial charge is 0.354 e. The average Bonchev–Trinajstić information content (AvgIpc) is 2.61. The van der Waals surface area contributed by atoms with Gasteiger partial charge in [-0.2, -0.15) is 0 Å². The molecule has 1 aromatic heterocycles. The van der Waals surface area contributed by atoms with E-state index in [4.69, 9.17) is 0 Å². The molecule has 0 bridgehead atoms. The molecule has 1 fully saturated rings. The molecule has 1 aliphatic heterocycles.